The molecule has 1 heterocycles. The monoisotopic (exact) mass is 356 g/mol. The third-order valence-corrected chi connectivity index (χ3v) is 4.04. The van der Waals surface area contributed by atoms with Gasteiger partial charge in [-0.2, -0.15) is 15.0 Å². The molecule has 25 heavy (non-hydrogen) atoms. The highest BCUT2D eigenvalue weighted by Gasteiger charge is 2.13. The molecule has 1 aromatic heterocycles. The zero-order valence-electron chi connectivity index (χ0n) is 14.2. The third-order valence-electron chi connectivity index (χ3n) is 3.78. The minimum atomic E-state index is 0.606. The smallest absolute Gasteiger partial charge is 0.117 e. The van der Waals surface area contributed by atoms with Crippen molar-refractivity contribution in [1.82, 2.24) is 20.3 Å². The number of aromatic nitrogens is 3. The molecule has 0 atom stereocenters. The molecule has 3 aromatic rings. The Balaban J connectivity index is 1.81. The SMILES string of the molecule is COCCNCc1nn(Cc2ccc(Cl)cc2)nc1-c1ccccc1. The van der Waals surface area contributed by atoms with Crippen LogP contribution in [0.2, 0.25) is 5.02 Å². The van der Waals surface area contributed by atoms with Crippen molar-refractivity contribution in [3.05, 3.63) is 70.9 Å². The highest BCUT2D eigenvalue weighted by atomic mass is 35.5. The molecular weight excluding hydrogens is 336 g/mol. The van der Waals surface area contributed by atoms with Crippen LogP contribution in [0.1, 0.15) is 11.3 Å². The van der Waals surface area contributed by atoms with Gasteiger partial charge in [0.1, 0.15) is 11.4 Å². The summed E-state index contributed by atoms with van der Waals surface area (Å²) in [6, 6.07) is 17.9. The van der Waals surface area contributed by atoms with E-state index in [1.807, 2.05) is 42.5 Å². The number of ether oxygens (including phenoxy) is 1. The van der Waals surface area contributed by atoms with Crippen LogP contribution in [0.25, 0.3) is 11.3 Å². The first-order valence-electron chi connectivity index (χ1n) is 8.20. The molecule has 2 aromatic carbocycles. The van der Waals surface area contributed by atoms with Crippen LogP contribution in [0.4, 0.5) is 0 Å². The van der Waals surface area contributed by atoms with Crippen molar-refractivity contribution >= 4 is 11.6 Å². The van der Waals surface area contributed by atoms with E-state index in [2.05, 4.69) is 22.5 Å². The van der Waals surface area contributed by atoms with E-state index in [0.717, 1.165) is 34.1 Å². The van der Waals surface area contributed by atoms with E-state index in [1.165, 1.54) is 0 Å². The van der Waals surface area contributed by atoms with Gasteiger partial charge in [-0.25, -0.2) is 0 Å². The first-order chi connectivity index (χ1) is 12.3. The molecule has 0 aliphatic rings. The van der Waals surface area contributed by atoms with Crippen LogP contribution < -0.4 is 5.32 Å². The topological polar surface area (TPSA) is 52.0 Å². The van der Waals surface area contributed by atoms with Gasteiger partial charge in [0.2, 0.25) is 0 Å². The van der Waals surface area contributed by atoms with Gasteiger partial charge in [0.25, 0.3) is 0 Å². The van der Waals surface area contributed by atoms with E-state index in [9.17, 15) is 0 Å². The molecular formula is C19H21ClN4O. The van der Waals surface area contributed by atoms with Gasteiger partial charge in [0.05, 0.1) is 13.2 Å². The quantitative estimate of drug-likeness (QED) is 0.629. The summed E-state index contributed by atoms with van der Waals surface area (Å²) in [7, 11) is 1.69. The van der Waals surface area contributed by atoms with Crippen LogP contribution in [0, 0.1) is 0 Å². The number of hydrogen-bond donors (Lipinski definition) is 1. The Labute approximate surface area is 152 Å². The second kappa shape index (κ2) is 8.76. The molecule has 0 amide bonds. The zero-order chi connectivity index (χ0) is 17.5. The summed E-state index contributed by atoms with van der Waals surface area (Å²) in [6.07, 6.45) is 0. The lowest BCUT2D eigenvalue weighted by Crippen LogP contribution is -2.19. The highest BCUT2D eigenvalue weighted by molar-refractivity contribution is 6.30. The Morgan fingerprint density at radius 2 is 1.80 bits per heavy atom. The Bertz CT molecular complexity index is 787. The largest absolute Gasteiger partial charge is 0.383 e. The van der Waals surface area contributed by atoms with Gasteiger partial charge in [0, 0.05) is 30.8 Å². The standard InChI is InChI=1S/C19H21ClN4O/c1-25-12-11-21-13-18-19(16-5-3-2-4-6-16)23-24(22-18)14-15-7-9-17(20)10-8-15/h2-10,21H,11-14H2,1H3. The molecule has 0 saturated carbocycles. The highest BCUT2D eigenvalue weighted by Crippen LogP contribution is 2.20. The number of rotatable bonds is 8. The summed E-state index contributed by atoms with van der Waals surface area (Å²) in [6.45, 7) is 2.69. The number of methoxy groups -OCH3 is 1. The van der Waals surface area contributed by atoms with Crippen molar-refractivity contribution in [3.8, 4) is 11.3 Å². The lowest BCUT2D eigenvalue weighted by atomic mass is 10.1. The van der Waals surface area contributed by atoms with E-state index < -0.39 is 0 Å². The average molecular weight is 357 g/mol. The molecule has 0 saturated heterocycles. The lowest BCUT2D eigenvalue weighted by Gasteiger charge is -2.03. The van der Waals surface area contributed by atoms with Gasteiger partial charge < -0.3 is 10.1 Å². The van der Waals surface area contributed by atoms with Crippen LogP contribution in [0.3, 0.4) is 0 Å². The lowest BCUT2D eigenvalue weighted by molar-refractivity contribution is 0.199. The summed E-state index contributed by atoms with van der Waals surface area (Å²) in [4.78, 5) is 1.74. The van der Waals surface area contributed by atoms with E-state index in [0.29, 0.717) is 19.7 Å². The maximum absolute atomic E-state index is 5.95. The summed E-state index contributed by atoms with van der Waals surface area (Å²) in [5.41, 5.74) is 4.00. The molecule has 0 radical (unpaired) electrons. The first-order valence-corrected chi connectivity index (χ1v) is 8.57. The van der Waals surface area contributed by atoms with Crippen molar-refractivity contribution in [2.24, 2.45) is 0 Å². The van der Waals surface area contributed by atoms with Crippen LogP contribution in [0.5, 0.6) is 0 Å². The fourth-order valence-electron chi connectivity index (χ4n) is 2.53. The number of nitrogens with zero attached hydrogens (tertiary/aromatic N) is 3. The summed E-state index contributed by atoms with van der Waals surface area (Å²) < 4.78 is 5.07. The maximum Gasteiger partial charge on any atom is 0.117 e. The van der Waals surface area contributed by atoms with Gasteiger partial charge in [-0.1, -0.05) is 54.1 Å². The number of benzene rings is 2. The third kappa shape index (κ3) is 4.89. The van der Waals surface area contributed by atoms with E-state index in [1.54, 1.807) is 11.9 Å². The predicted molar refractivity (Wildman–Crippen MR) is 99.6 cm³/mol. The first kappa shape index (κ1) is 17.6. The predicted octanol–water partition coefficient (Wildman–Crippen LogP) is 3.38. The van der Waals surface area contributed by atoms with Crippen LogP contribution in [0.15, 0.2) is 54.6 Å². The van der Waals surface area contributed by atoms with Crippen molar-refractivity contribution in [3.63, 3.8) is 0 Å². The molecule has 130 valence electrons. The fourth-order valence-corrected chi connectivity index (χ4v) is 2.65. The molecule has 0 bridgehead atoms. The van der Waals surface area contributed by atoms with Crippen molar-refractivity contribution < 1.29 is 4.74 Å². The minimum Gasteiger partial charge on any atom is -0.383 e. The molecule has 1 N–H and O–H groups in total. The number of hydrogen-bond acceptors (Lipinski definition) is 4. The Morgan fingerprint density at radius 3 is 2.52 bits per heavy atom. The molecule has 0 aliphatic heterocycles. The Morgan fingerprint density at radius 1 is 1.04 bits per heavy atom. The van der Waals surface area contributed by atoms with Crippen molar-refractivity contribution in [1.29, 1.82) is 0 Å². The summed E-state index contributed by atoms with van der Waals surface area (Å²) in [5.74, 6) is 0. The van der Waals surface area contributed by atoms with E-state index in [-0.39, 0.29) is 0 Å². The number of halogens is 1. The van der Waals surface area contributed by atoms with Gasteiger partial charge in [-0.3, -0.25) is 0 Å². The van der Waals surface area contributed by atoms with Gasteiger partial charge in [0.15, 0.2) is 0 Å². The molecule has 5 nitrogen and oxygen atoms in total. The van der Waals surface area contributed by atoms with Crippen molar-refractivity contribution in [2.75, 3.05) is 20.3 Å². The molecule has 0 fully saturated rings. The van der Waals surface area contributed by atoms with Crippen molar-refractivity contribution in [2.45, 2.75) is 13.1 Å². The maximum atomic E-state index is 5.95. The molecule has 0 aliphatic carbocycles. The number of nitrogens with one attached hydrogen (secondary N) is 1. The van der Waals surface area contributed by atoms with Gasteiger partial charge in [-0.15, -0.1) is 0 Å². The van der Waals surface area contributed by atoms with Crippen LogP contribution in [-0.2, 0) is 17.8 Å². The van der Waals surface area contributed by atoms with Gasteiger partial charge >= 0.3 is 0 Å². The van der Waals surface area contributed by atoms with E-state index >= 15 is 0 Å². The second-order valence-electron chi connectivity index (χ2n) is 5.69. The zero-order valence-corrected chi connectivity index (χ0v) is 14.9. The Kier molecular flexibility index (Phi) is 6.17. The molecule has 0 unspecified atom stereocenters. The second-order valence-corrected chi connectivity index (χ2v) is 6.12. The van der Waals surface area contributed by atoms with Crippen LogP contribution in [-0.4, -0.2) is 35.3 Å². The molecule has 0 spiro atoms. The summed E-state index contributed by atoms with van der Waals surface area (Å²) in [5, 5.41) is 13.4. The van der Waals surface area contributed by atoms with Crippen LogP contribution >= 0.6 is 11.6 Å². The van der Waals surface area contributed by atoms with E-state index in [4.69, 9.17) is 21.4 Å². The fraction of sp³-hybridized carbons (Fsp3) is 0.263. The molecule has 3 rings (SSSR count). The molecule has 6 heteroatoms. The van der Waals surface area contributed by atoms with Gasteiger partial charge in [-0.05, 0) is 17.7 Å². The minimum absolute atomic E-state index is 0.606. The summed E-state index contributed by atoms with van der Waals surface area (Å²) >= 11 is 5.95. The normalized spacial score (nSPS) is 11.0. The average Bonchev–Trinajstić information content (AvgIpc) is 3.04. The Hall–Kier alpha value is -2.21.